The molecule has 3 N–H and O–H groups in total. The van der Waals surface area contributed by atoms with Crippen LogP contribution in [0.2, 0.25) is 0 Å². The van der Waals surface area contributed by atoms with Gasteiger partial charge in [0, 0.05) is 6.42 Å². The standard InChI is InChI=1S/C26H46O8/c1-4-5-13-18-23(29)34-26(25(32)33,19-22(27)28)21(24(30)31)17-15-12-10-8-6-7-9-11-14-16-20(2)3/h20-21H,4-19H2,1-3H3,(H,27,28)(H,30,31)(H,32,33). The molecule has 0 aromatic carbocycles. The Bertz CT molecular complexity index is 616. The third kappa shape index (κ3) is 13.6. The van der Waals surface area contributed by atoms with Crippen LogP contribution in [0.3, 0.4) is 0 Å². The Balaban J connectivity index is 4.80. The predicted octanol–water partition coefficient (Wildman–Crippen LogP) is 6.06. The summed E-state index contributed by atoms with van der Waals surface area (Å²) in [6.45, 7) is 6.40. The van der Waals surface area contributed by atoms with Crippen molar-refractivity contribution in [2.75, 3.05) is 0 Å². The lowest BCUT2D eigenvalue weighted by molar-refractivity contribution is -0.195. The second-order valence-electron chi connectivity index (χ2n) is 9.74. The summed E-state index contributed by atoms with van der Waals surface area (Å²) in [5.74, 6) is -6.48. The van der Waals surface area contributed by atoms with Gasteiger partial charge in [0.1, 0.15) is 5.92 Å². The molecule has 0 aromatic heterocycles. The summed E-state index contributed by atoms with van der Waals surface area (Å²) < 4.78 is 5.14. The van der Waals surface area contributed by atoms with Gasteiger partial charge in [-0.3, -0.25) is 14.4 Å². The number of carboxylic acids is 3. The molecule has 8 nitrogen and oxygen atoms in total. The Morgan fingerprint density at radius 3 is 1.65 bits per heavy atom. The number of carbonyl (C=O) groups excluding carboxylic acids is 1. The fourth-order valence-electron chi connectivity index (χ4n) is 4.19. The molecule has 0 fully saturated rings. The largest absolute Gasteiger partial charge is 0.481 e. The lowest BCUT2D eigenvalue weighted by Gasteiger charge is -2.33. The molecule has 0 aliphatic rings. The zero-order chi connectivity index (χ0) is 26.0. The van der Waals surface area contributed by atoms with Crippen molar-refractivity contribution in [3.63, 3.8) is 0 Å². The first-order valence-corrected chi connectivity index (χ1v) is 13.0. The van der Waals surface area contributed by atoms with Crippen LogP contribution in [0, 0.1) is 11.8 Å². The number of carboxylic acid groups (broad SMARTS) is 3. The summed E-state index contributed by atoms with van der Waals surface area (Å²) in [6.07, 6.45) is 11.1. The van der Waals surface area contributed by atoms with Gasteiger partial charge in [-0.1, -0.05) is 97.8 Å². The molecule has 2 atom stereocenters. The van der Waals surface area contributed by atoms with E-state index in [0.29, 0.717) is 19.3 Å². The second-order valence-corrected chi connectivity index (χ2v) is 9.74. The topological polar surface area (TPSA) is 138 Å². The van der Waals surface area contributed by atoms with Gasteiger partial charge >= 0.3 is 23.9 Å². The molecule has 198 valence electrons. The minimum Gasteiger partial charge on any atom is -0.481 e. The monoisotopic (exact) mass is 486 g/mol. The molecule has 0 bridgehead atoms. The van der Waals surface area contributed by atoms with Gasteiger partial charge in [-0.2, -0.15) is 0 Å². The highest BCUT2D eigenvalue weighted by Gasteiger charge is 2.54. The van der Waals surface area contributed by atoms with E-state index in [1.54, 1.807) is 0 Å². The number of ether oxygens (including phenoxy) is 1. The number of hydrogen-bond donors (Lipinski definition) is 3. The first kappa shape index (κ1) is 31.9. The van der Waals surface area contributed by atoms with Crippen LogP contribution in [0.5, 0.6) is 0 Å². The molecule has 0 saturated heterocycles. The third-order valence-corrected chi connectivity index (χ3v) is 6.19. The molecule has 0 heterocycles. The van der Waals surface area contributed by atoms with Gasteiger partial charge in [0.25, 0.3) is 0 Å². The first-order chi connectivity index (χ1) is 16.1. The fourth-order valence-corrected chi connectivity index (χ4v) is 4.19. The lowest BCUT2D eigenvalue weighted by atomic mass is 9.80. The van der Waals surface area contributed by atoms with Crippen LogP contribution in [0.4, 0.5) is 0 Å². The van der Waals surface area contributed by atoms with E-state index in [9.17, 15) is 34.5 Å². The van der Waals surface area contributed by atoms with E-state index >= 15 is 0 Å². The Kier molecular flexibility index (Phi) is 17.1. The highest BCUT2D eigenvalue weighted by Crippen LogP contribution is 2.33. The molecular formula is C26H46O8. The molecule has 0 aliphatic carbocycles. The predicted molar refractivity (Wildman–Crippen MR) is 130 cm³/mol. The normalized spacial score (nSPS) is 13.9. The van der Waals surface area contributed by atoms with Gasteiger partial charge in [0.15, 0.2) is 0 Å². The van der Waals surface area contributed by atoms with Crippen molar-refractivity contribution in [1.29, 1.82) is 0 Å². The first-order valence-electron chi connectivity index (χ1n) is 13.0. The summed E-state index contributed by atoms with van der Waals surface area (Å²) in [5.41, 5.74) is -2.61. The van der Waals surface area contributed by atoms with E-state index in [1.807, 2.05) is 6.92 Å². The van der Waals surface area contributed by atoms with Gasteiger partial charge in [0.05, 0.1) is 6.42 Å². The second kappa shape index (κ2) is 18.2. The summed E-state index contributed by atoms with van der Waals surface area (Å²) in [5, 5.41) is 28.8. The van der Waals surface area contributed by atoms with Crippen molar-refractivity contribution in [1.82, 2.24) is 0 Å². The van der Waals surface area contributed by atoms with Crippen LogP contribution in [0.15, 0.2) is 0 Å². The summed E-state index contributed by atoms with van der Waals surface area (Å²) in [6, 6.07) is 0. The molecule has 0 radical (unpaired) electrons. The van der Waals surface area contributed by atoms with Crippen LogP contribution in [0.1, 0.15) is 124 Å². The molecule has 0 rings (SSSR count). The number of unbranched alkanes of at least 4 members (excludes halogenated alkanes) is 10. The highest BCUT2D eigenvalue weighted by atomic mass is 16.6. The van der Waals surface area contributed by atoms with Crippen molar-refractivity contribution >= 4 is 23.9 Å². The number of aliphatic carboxylic acids is 3. The average molecular weight is 487 g/mol. The molecule has 0 aliphatic heterocycles. The van der Waals surface area contributed by atoms with Crippen LogP contribution in [0.25, 0.3) is 0 Å². The van der Waals surface area contributed by atoms with Crippen LogP contribution in [-0.2, 0) is 23.9 Å². The molecule has 0 spiro atoms. The van der Waals surface area contributed by atoms with E-state index in [1.165, 1.54) is 32.1 Å². The number of hydrogen-bond acceptors (Lipinski definition) is 5. The van der Waals surface area contributed by atoms with Gasteiger partial charge < -0.3 is 20.1 Å². The number of carbonyl (C=O) groups is 4. The number of esters is 1. The fraction of sp³-hybridized carbons (Fsp3) is 0.846. The Morgan fingerprint density at radius 2 is 1.24 bits per heavy atom. The molecule has 0 amide bonds. The van der Waals surface area contributed by atoms with Gasteiger partial charge in [-0.25, -0.2) is 4.79 Å². The SMILES string of the molecule is CCCCCC(=O)OC(CC(=O)O)(C(=O)O)C(CCCCCCCCCCCC(C)C)C(=O)O. The van der Waals surface area contributed by atoms with E-state index in [4.69, 9.17) is 4.74 Å². The summed E-state index contributed by atoms with van der Waals surface area (Å²) in [7, 11) is 0. The maximum atomic E-state index is 12.3. The quantitative estimate of drug-likeness (QED) is 0.124. The van der Waals surface area contributed by atoms with Crippen molar-refractivity contribution < 1.29 is 39.2 Å². The van der Waals surface area contributed by atoms with E-state index < -0.39 is 41.8 Å². The minimum absolute atomic E-state index is 0.0631. The van der Waals surface area contributed by atoms with Gasteiger partial charge in [0.2, 0.25) is 5.60 Å². The van der Waals surface area contributed by atoms with Crippen molar-refractivity contribution in [2.45, 2.75) is 129 Å². The molecule has 34 heavy (non-hydrogen) atoms. The van der Waals surface area contributed by atoms with Gasteiger partial charge in [-0.05, 0) is 18.8 Å². The number of rotatable bonds is 22. The van der Waals surface area contributed by atoms with E-state index in [-0.39, 0.29) is 12.8 Å². The molecule has 0 aromatic rings. The average Bonchev–Trinajstić information content (AvgIpc) is 2.73. The van der Waals surface area contributed by atoms with Crippen LogP contribution >= 0.6 is 0 Å². The van der Waals surface area contributed by atoms with Crippen LogP contribution in [-0.4, -0.2) is 44.8 Å². The Morgan fingerprint density at radius 1 is 0.735 bits per heavy atom. The molecular weight excluding hydrogens is 440 g/mol. The highest BCUT2D eigenvalue weighted by molar-refractivity contribution is 5.92. The zero-order valence-electron chi connectivity index (χ0n) is 21.4. The smallest absolute Gasteiger partial charge is 0.349 e. The van der Waals surface area contributed by atoms with Crippen LogP contribution < -0.4 is 0 Å². The van der Waals surface area contributed by atoms with E-state index in [2.05, 4.69) is 13.8 Å². The maximum absolute atomic E-state index is 12.3. The lowest BCUT2D eigenvalue weighted by Crippen LogP contribution is -2.54. The van der Waals surface area contributed by atoms with Gasteiger partial charge in [-0.15, -0.1) is 0 Å². The van der Waals surface area contributed by atoms with Crippen molar-refractivity contribution in [3.8, 4) is 0 Å². The zero-order valence-corrected chi connectivity index (χ0v) is 21.4. The minimum atomic E-state index is -2.61. The molecule has 0 saturated carbocycles. The third-order valence-electron chi connectivity index (χ3n) is 6.19. The van der Waals surface area contributed by atoms with Crippen molar-refractivity contribution in [2.24, 2.45) is 11.8 Å². The molecule has 2 unspecified atom stereocenters. The van der Waals surface area contributed by atoms with E-state index in [0.717, 1.165) is 38.0 Å². The Labute approximate surface area is 204 Å². The Hall–Kier alpha value is -2.12. The summed E-state index contributed by atoms with van der Waals surface area (Å²) in [4.78, 5) is 47.7. The maximum Gasteiger partial charge on any atom is 0.349 e. The van der Waals surface area contributed by atoms with Crippen molar-refractivity contribution in [3.05, 3.63) is 0 Å². The molecule has 8 heteroatoms. The summed E-state index contributed by atoms with van der Waals surface area (Å²) >= 11 is 0.